The van der Waals surface area contributed by atoms with Crippen molar-refractivity contribution in [3.05, 3.63) is 57.8 Å². The van der Waals surface area contributed by atoms with E-state index in [1.54, 1.807) is 11.3 Å². The Morgan fingerprint density at radius 2 is 1.95 bits per heavy atom. The van der Waals surface area contributed by atoms with Gasteiger partial charge in [0.05, 0.1) is 4.88 Å². The SMILES string of the molecule is CC(C)Cc1ccc([C@@H]([NH2+]CC(N)=O)c2cccs2)cc1. The van der Waals surface area contributed by atoms with Crippen molar-refractivity contribution < 1.29 is 10.1 Å². The first kappa shape index (κ1) is 15.7. The highest BCUT2D eigenvalue weighted by molar-refractivity contribution is 7.10. The van der Waals surface area contributed by atoms with Gasteiger partial charge in [-0.15, -0.1) is 11.3 Å². The number of quaternary nitrogens is 1. The fourth-order valence-electron chi connectivity index (χ4n) is 2.45. The monoisotopic (exact) mass is 303 g/mol. The summed E-state index contributed by atoms with van der Waals surface area (Å²) in [5, 5.41) is 4.07. The second-order valence-corrected chi connectivity index (χ2v) is 6.72. The maximum atomic E-state index is 11.1. The van der Waals surface area contributed by atoms with E-state index in [2.05, 4.69) is 49.6 Å². The van der Waals surface area contributed by atoms with Crippen molar-refractivity contribution in [1.29, 1.82) is 0 Å². The zero-order chi connectivity index (χ0) is 15.2. The van der Waals surface area contributed by atoms with Crippen molar-refractivity contribution in [2.45, 2.75) is 26.3 Å². The van der Waals surface area contributed by atoms with Crippen LogP contribution in [0.3, 0.4) is 0 Å². The van der Waals surface area contributed by atoms with Crippen LogP contribution in [0.4, 0.5) is 0 Å². The Kier molecular flexibility index (Phi) is 5.53. The summed E-state index contributed by atoms with van der Waals surface area (Å²) in [4.78, 5) is 12.3. The van der Waals surface area contributed by atoms with Gasteiger partial charge in [-0.1, -0.05) is 44.2 Å². The van der Waals surface area contributed by atoms with Gasteiger partial charge in [-0.25, -0.2) is 0 Å². The molecule has 1 amide bonds. The third-order valence-electron chi connectivity index (χ3n) is 3.39. The van der Waals surface area contributed by atoms with Crippen LogP contribution in [-0.4, -0.2) is 12.5 Å². The molecule has 4 heteroatoms. The molecule has 0 aliphatic carbocycles. The molecule has 1 heterocycles. The van der Waals surface area contributed by atoms with Crippen molar-refractivity contribution >= 4 is 17.2 Å². The van der Waals surface area contributed by atoms with Crippen LogP contribution < -0.4 is 11.1 Å². The third-order valence-corrected chi connectivity index (χ3v) is 4.34. The number of primary amides is 1. The molecule has 0 aliphatic rings. The molecule has 2 aromatic rings. The molecule has 3 nitrogen and oxygen atoms in total. The van der Waals surface area contributed by atoms with Gasteiger partial charge in [-0.05, 0) is 29.3 Å². The Morgan fingerprint density at radius 3 is 2.48 bits per heavy atom. The highest BCUT2D eigenvalue weighted by atomic mass is 32.1. The van der Waals surface area contributed by atoms with Gasteiger partial charge in [-0.3, -0.25) is 4.79 Å². The van der Waals surface area contributed by atoms with Crippen LogP contribution in [0.25, 0.3) is 0 Å². The molecule has 4 N–H and O–H groups in total. The van der Waals surface area contributed by atoms with Crippen LogP contribution >= 0.6 is 11.3 Å². The minimum Gasteiger partial charge on any atom is -0.365 e. The molecule has 0 fully saturated rings. The molecule has 0 saturated heterocycles. The van der Waals surface area contributed by atoms with Gasteiger partial charge < -0.3 is 11.1 Å². The second-order valence-electron chi connectivity index (χ2n) is 5.74. The Morgan fingerprint density at radius 1 is 1.24 bits per heavy atom. The van der Waals surface area contributed by atoms with Crippen molar-refractivity contribution in [3.8, 4) is 0 Å². The van der Waals surface area contributed by atoms with Gasteiger partial charge >= 0.3 is 0 Å². The highest BCUT2D eigenvalue weighted by Crippen LogP contribution is 2.23. The lowest BCUT2D eigenvalue weighted by molar-refractivity contribution is -0.676. The van der Waals surface area contributed by atoms with Gasteiger partial charge in [0.25, 0.3) is 5.91 Å². The Bertz CT molecular complexity index is 561. The summed E-state index contributed by atoms with van der Waals surface area (Å²) in [5.41, 5.74) is 7.85. The maximum absolute atomic E-state index is 11.1. The van der Waals surface area contributed by atoms with E-state index in [4.69, 9.17) is 5.73 Å². The number of rotatable bonds is 7. The Hall–Kier alpha value is -1.65. The highest BCUT2D eigenvalue weighted by Gasteiger charge is 2.19. The number of carbonyl (C=O) groups is 1. The van der Waals surface area contributed by atoms with Crippen LogP contribution in [0.5, 0.6) is 0 Å². The number of hydrogen-bond donors (Lipinski definition) is 2. The van der Waals surface area contributed by atoms with E-state index in [0.717, 1.165) is 6.42 Å². The minimum absolute atomic E-state index is 0.144. The molecular formula is C17H23N2OS+. The molecule has 0 spiro atoms. The van der Waals surface area contributed by atoms with E-state index in [0.29, 0.717) is 12.5 Å². The quantitative estimate of drug-likeness (QED) is 0.808. The molecule has 0 radical (unpaired) electrons. The lowest BCUT2D eigenvalue weighted by Gasteiger charge is -2.15. The predicted octanol–water partition coefficient (Wildman–Crippen LogP) is 2.08. The lowest BCUT2D eigenvalue weighted by Crippen LogP contribution is -2.87. The largest absolute Gasteiger partial charge is 0.365 e. The number of thiophene rings is 1. The predicted molar refractivity (Wildman–Crippen MR) is 87.1 cm³/mol. The fraction of sp³-hybridized carbons (Fsp3) is 0.353. The average molecular weight is 303 g/mol. The van der Waals surface area contributed by atoms with Crippen LogP contribution in [0.15, 0.2) is 41.8 Å². The number of amides is 1. The van der Waals surface area contributed by atoms with Crippen molar-refractivity contribution in [2.75, 3.05) is 6.54 Å². The van der Waals surface area contributed by atoms with E-state index in [1.807, 2.05) is 11.4 Å². The Labute approximate surface area is 130 Å². The van der Waals surface area contributed by atoms with Gasteiger partial charge in [-0.2, -0.15) is 0 Å². The van der Waals surface area contributed by atoms with E-state index >= 15 is 0 Å². The summed E-state index contributed by atoms with van der Waals surface area (Å²) in [7, 11) is 0. The van der Waals surface area contributed by atoms with Crippen LogP contribution in [0.2, 0.25) is 0 Å². The molecule has 1 atom stereocenters. The smallest absolute Gasteiger partial charge is 0.272 e. The molecule has 1 aromatic carbocycles. The van der Waals surface area contributed by atoms with Gasteiger partial charge in [0, 0.05) is 5.56 Å². The third kappa shape index (κ3) is 4.69. The topological polar surface area (TPSA) is 59.7 Å². The van der Waals surface area contributed by atoms with Gasteiger partial charge in [0.1, 0.15) is 6.04 Å². The van der Waals surface area contributed by atoms with Gasteiger partial charge in [0.2, 0.25) is 0 Å². The molecule has 0 bridgehead atoms. The summed E-state index contributed by atoms with van der Waals surface area (Å²) in [6.45, 7) is 4.75. The second kappa shape index (κ2) is 7.38. The summed E-state index contributed by atoms with van der Waals surface area (Å²) in [5.74, 6) is 0.373. The van der Waals surface area contributed by atoms with Gasteiger partial charge in [0.15, 0.2) is 6.54 Å². The maximum Gasteiger partial charge on any atom is 0.272 e. The van der Waals surface area contributed by atoms with Crippen LogP contribution in [0.1, 0.15) is 35.9 Å². The van der Waals surface area contributed by atoms with Crippen molar-refractivity contribution in [3.63, 3.8) is 0 Å². The average Bonchev–Trinajstić information content (AvgIpc) is 2.94. The number of nitrogens with two attached hydrogens (primary N) is 2. The first-order valence-electron chi connectivity index (χ1n) is 7.30. The first-order chi connectivity index (χ1) is 10.1. The molecule has 1 aromatic heterocycles. The number of benzene rings is 1. The first-order valence-corrected chi connectivity index (χ1v) is 8.18. The Balaban J connectivity index is 2.18. The van der Waals surface area contributed by atoms with E-state index in [-0.39, 0.29) is 11.9 Å². The minimum atomic E-state index is -0.284. The molecule has 2 rings (SSSR count). The fourth-order valence-corrected chi connectivity index (χ4v) is 3.30. The molecule has 0 saturated carbocycles. The zero-order valence-corrected chi connectivity index (χ0v) is 13.4. The molecule has 0 unspecified atom stereocenters. The van der Waals surface area contributed by atoms with E-state index in [1.165, 1.54) is 16.0 Å². The van der Waals surface area contributed by atoms with Crippen molar-refractivity contribution in [1.82, 2.24) is 0 Å². The van der Waals surface area contributed by atoms with E-state index < -0.39 is 0 Å². The van der Waals surface area contributed by atoms with Crippen LogP contribution in [-0.2, 0) is 11.2 Å². The standard InChI is InChI=1S/C17H22N2OS/c1-12(2)10-13-5-7-14(8-6-13)17(19-11-16(18)20)15-4-3-9-21-15/h3-9,12,17,19H,10-11H2,1-2H3,(H2,18,20)/p+1/t17-/m1/s1. The number of hydrogen-bond acceptors (Lipinski definition) is 2. The molecule has 0 aliphatic heterocycles. The molecular weight excluding hydrogens is 280 g/mol. The molecule has 112 valence electrons. The summed E-state index contributed by atoms with van der Waals surface area (Å²) in [6, 6.07) is 13.0. The zero-order valence-electron chi connectivity index (χ0n) is 12.6. The lowest BCUT2D eigenvalue weighted by atomic mass is 9.99. The normalized spacial score (nSPS) is 12.5. The summed E-state index contributed by atoms with van der Waals surface area (Å²) >= 11 is 1.71. The summed E-state index contributed by atoms with van der Waals surface area (Å²) in [6.07, 6.45) is 1.09. The van der Waals surface area contributed by atoms with Crippen LogP contribution in [0, 0.1) is 5.92 Å². The number of carbonyl (C=O) groups excluding carboxylic acids is 1. The molecule has 21 heavy (non-hydrogen) atoms. The van der Waals surface area contributed by atoms with Crippen molar-refractivity contribution in [2.24, 2.45) is 11.7 Å². The summed E-state index contributed by atoms with van der Waals surface area (Å²) < 4.78 is 0. The van der Waals surface area contributed by atoms with E-state index in [9.17, 15) is 4.79 Å².